The van der Waals surface area contributed by atoms with E-state index in [-0.39, 0.29) is 12.0 Å². The lowest BCUT2D eigenvalue weighted by atomic mass is 10.5. The van der Waals surface area contributed by atoms with Crippen LogP contribution in [0.25, 0.3) is 0 Å². The Balaban J connectivity index is 3.24. The second-order valence-corrected chi connectivity index (χ2v) is 2.42. The summed E-state index contributed by atoms with van der Waals surface area (Å²) in [7, 11) is -2.78. The summed E-state index contributed by atoms with van der Waals surface area (Å²) in [4.78, 5) is 8.12. The molecule has 1 N–H and O–H groups in total. The molecule has 0 aliphatic rings. The predicted octanol–water partition coefficient (Wildman–Crippen LogP) is 1.01. The van der Waals surface area contributed by atoms with E-state index >= 15 is 0 Å². The Labute approximate surface area is 53.6 Å². The molecule has 0 aromatic carbocycles. The van der Waals surface area contributed by atoms with Crippen LogP contribution in [0.5, 0.6) is 0 Å². The lowest BCUT2D eigenvalue weighted by Gasteiger charge is -2.03. The van der Waals surface area contributed by atoms with Crippen LogP contribution in [-0.2, 0) is 9.09 Å². The molecule has 0 aromatic rings. The van der Waals surface area contributed by atoms with Crippen LogP contribution in [0.3, 0.4) is 0 Å². The first-order chi connectivity index (χ1) is 3.66. The first-order valence-electron chi connectivity index (χ1n) is 2.12. The van der Waals surface area contributed by atoms with Crippen molar-refractivity contribution < 1.29 is 14.0 Å². The van der Waals surface area contributed by atoms with E-state index in [2.05, 4.69) is 4.52 Å². The van der Waals surface area contributed by atoms with Gasteiger partial charge in [0.2, 0.25) is 0 Å². The van der Waals surface area contributed by atoms with E-state index < -0.39 is 8.25 Å². The van der Waals surface area contributed by atoms with E-state index in [9.17, 15) is 4.57 Å². The Morgan fingerprint density at radius 1 is 2.00 bits per heavy atom. The van der Waals surface area contributed by atoms with Crippen molar-refractivity contribution in [1.29, 1.82) is 0 Å². The fraction of sp³-hybridized carbons (Fsp3) is 1.00. The summed E-state index contributed by atoms with van der Waals surface area (Å²) >= 11 is 5.24. The number of halogens is 1. The Kier molecular flexibility index (Phi) is 4.57. The molecule has 3 nitrogen and oxygen atoms in total. The Morgan fingerprint density at radius 3 is 2.62 bits per heavy atom. The van der Waals surface area contributed by atoms with Crippen molar-refractivity contribution in [3.8, 4) is 0 Å². The fourth-order valence-electron chi connectivity index (χ4n) is 0.204. The maximum atomic E-state index is 9.87. The van der Waals surface area contributed by atoms with Gasteiger partial charge in [0.05, 0.1) is 6.10 Å². The number of alkyl halides is 1. The molecule has 2 unspecified atom stereocenters. The fourth-order valence-corrected chi connectivity index (χ4v) is 0.800. The first-order valence-corrected chi connectivity index (χ1v) is 3.92. The summed E-state index contributed by atoms with van der Waals surface area (Å²) < 4.78 is 14.2. The zero-order valence-electron chi connectivity index (χ0n) is 4.43. The molecule has 0 aromatic heterocycles. The summed E-state index contributed by atoms with van der Waals surface area (Å²) in [5, 5.41) is 0. The summed E-state index contributed by atoms with van der Waals surface area (Å²) in [5.74, 6) is 0.247. The molecule has 0 spiro atoms. The molecule has 0 saturated carbocycles. The Morgan fingerprint density at radius 2 is 2.50 bits per heavy atom. The Bertz CT molecular complexity index is 86.6. The smallest absolute Gasteiger partial charge is 0.316 e. The van der Waals surface area contributed by atoms with Crippen molar-refractivity contribution in [1.82, 2.24) is 0 Å². The molecular weight excluding hydrogens is 150 g/mol. The highest BCUT2D eigenvalue weighted by Crippen LogP contribution is 2.17. The van der Waals surface area contributed by atoms with Crippen molar-refractivity contribution in [3.05, 3.63) is 0 Å². The Hall–Kier alpha value is 0.440. The normalized spacial score (nSPS) is 17.9. The minimum Gasteiger partial charge on any atom is -0.326 e. The molecule has 50 valence electrons. The molecule has 8 heavy (non-hydrogen) atoms. The van der Waals surface area contributed by atoms with Crippen LogP contribution in [0, 0.1) is 0 Å². The quantitative estimate of drug-likeness (QED) is 0.493. The maximum Gasteiger partial charge on any atom is 0.316 e. The highest BCUT2D eigenvalue weighted by atomic mass is 35.5. The van der Waals surface area contributed by atoms with Gasteiger partial charge in [-0.15, -0.1) is 11.6 Å². The average Bonchev–Trinajstić information content (AvgIpc) is 1.65. The van der Waals surface area contributed by atoms with Crippen LogP contribution < -0.4 is 0 Å². The summed E-state index contributed by atoms with van der Waals surface area (Å²) in [6, 6.07) is 0. The second kappa shape index (κ2) is 4.33. The van der Waals surface area contributed by atoms with Crippen molar-refractivity contribution in [3.63, 3.8) is 0 Å². The van der Waals surface area contributed by atoms with Crippen molar-refractivity contribution in [2.24, 2.45) is 0 Å². The van der Waals surface area contributed by atoms with Gasteiger partial charge in [0.25, 0.3) is 0 Å². The minimum atomic E-state index is -2.78. The van der Waals surface area contributed by atoms with Crippen LogP contribution in [0.4, 0.5) is 0 Å². The van der Waals surface area contributed by atoms with Crippen LogP contribution >= 0.6 is 19.9 Å². The molecule has 0 amide bonds. The number of hydrogen-bond donors (Lipinski definition) is 1. The molecule has 0 bridgehead atoms. The summed E-state index contributed by atoms with van der Waals surface area (Å²) in [6.45, 7) is 1.63. The van der Waals surface area contributed by atoms with E-state index in [1.54, 1.807) is 6.92 Å². The van der Waals surface area contributed by atoms with Crippen LogP contribution in [0.15, 0.2) is 0 Å². The second-order valence-electron chi connectivity index (χ2n) is 1.35. The highest BCUT2D eigenvalue weighted by Gasteiger charge is 2.00. The third-order valence-electron chi connectivity index (χ3n) is 0.519. The van der Waals surface area contributed by atoms with Gasteiger partial charge >= 0.3 is 8.25 Å². The van der Waals surface area contributed by atoms with Crippen LogP contribution in [0.2, 0.25) is 0 Å². The molecule has 0 aliphatic carbocycles. The van der Waals surface area contributed by atoms with Gasteiger partial charge in [-0.1, -0.05) is 0 Å². The molecule has 0 aliphatic heterocycles. The first kappa shape index (κ1) is 8.44. The van der Waals surface area contributed by atoms with Gasteiger partial charge in [-0.2, -0.15) is 0 Å². The molecule has 0 rings (SSSR count). The lowest BCUT2D eigenvalue weighted by Crippen LogP contribution is -2.03. The van der Waals surface area contributed by atoms with Crippen molar-refractivity contribution in [2.45, 2.75) is 13.0 Å². The van der Waals surface area contributed by atoms with Gasteiger partial charge in [0.15, 0.2) is 0 Å². The molecule has 0 radical (unpaired) electrons. The van der Waals surface area contributed by atoms with Crippen molar-refractivity contribution in [2.75, 3.05) is 5.88 Å². The van der Waals surface area contributed by atoms with Gasteiger partial charge in [-0.3, -0.25) is 4.57 Å². The van der Waals surface area contributed by atoms with E-state index in [1.807, 2.05) is 0 Å². The SMILES string of the molecule is CC(CCl)O[PH](=O)O. The van der Waals surface area contributed by atoms with Gasteiger partial charge in [0.1, 0.15) is 0 Å². The monoisotopic (exact) mass is 158 g/mol. The lowest BCUT2D eigenvalue weighted by molar-refractivity contribution is 0.225. The van der Waals surface area contributed by atoms with E-state index in [0.717, 1.165) is 0 Å². The summed E-state index contributed by atoms with van der Waals surface area (Å²) in [5.41, 5.74) is 0. The van der Waals surface area contributed by atoms with E-state index in [1.165, 1.54) is 0 Å². The van der Waals surface area contributed by atoms with Crippen LogP contribution in [0.1, 0.15) is 6.92 Å². The highest BCUT2D eigenvalue weighted by molar-refractivity contribution is 7.32. The zero-order chi connectivity index (χ0) is 6.57. The standard InChI is InChI=1S/C3H8ClO3P/c1-3(2-4)7-8(5)6/h3,8H,2H2,1H3,(H,5,6). The average molecular weight is 159 g/mol. The van der Waals surface area contributed by atoms with Gasteiger partial charge in [-0.05, 0) is 6.92 Å². The number of rotatable bonds is 3. The largest absolute Gasteiger partial charge is 0.326 e. The molecule has 0 saturated heterocycles. The van der Waals surface area contributed by atoms with Gasteiger partial charge in [0, 0.05) is 5.88 Å². The van der Waals surface area contributed by atoms with E-state index in [4.69, 9.17) is 16.5 Å². The zero-order valence-corrected chi connectivity index (χ0v) is 6.18. The predicted molar refractivity (Wildman–Crippen MR) is 32.5 cm³/mol. The third kappa shape index (κ3) is 4.60. The molecule has 5 heteroatoms. The molecule has 0 fully saturated rings. The molecule has 2 atom stereocenters. The van der Waals surface area contributed by atoms with E-state index in [0.29, 0.717) is 0 Å². The minimum absolute atomic E-state index is 0.247. The molecule has 0 heterocycles. The van der Waals surface area contributed by atoms with Crippen LogP contribution in [-0.4, -0.2) is 16.9 Å². The topological polar surface area (TPSA) is 46.5 Å². The van der Waals surface area contributed by atoms with Crippen molar-refractivity contribution >= 4 is 19.9 Å². The summed E-state index contributed by atoms with van der Waals surface area (Å²) in [6.07, 6.45) is -0.326. The number of hydrogen-bond acceptors (Lipinski definition) is 2. The third-order valence-corrected chi connectivity index (χ3v) is 1.56. The van der Waals surface area contributed by atoms with Gasteiger partial charge < -0.3 is 9.42 Å². The van der Waals surface area contributed by atoms with Gasteiger partial charge in [-0.25, -0.2) is 0 Å². The molecular formula is C3H8ClO3P. The maximum absolute atomic E-state index is 9.87.